The molecule has 240 valence electrons. The molecule has 0 radical (unpaired) electrons. The largest absolute Gasteiger partial charge is 0.493 e. The van der Waals surface area contributed by atoms with Gasteiger partial charge in [-0.2, -0.15) is 0 Å². The lowest BCUT2D eigenvalue weighted by molar-refractivity contribution is -0.115. The van der Waals surface area contributed by atoms with Gasteiger partial charge >= 0.3 is 0 Å². The highest BCUT2D eigenvalue weighted by Gasteiger charge is 2.31. The van der Waals surface area contributed by atoms with E-state index in [-0.39, 0.29) is 59.6 Å². The van der Waals surface area contributed by atoms with Gasteiger partial charge in [0, 0.05) is 48.0 Å². The van der Waals surface area contributed by atoms with Crippen LogP contribution in [0.1, 0.15) is 88.8 Å². The van der Waals surface area contributed by atoms with E-state index in [2.05, 4.69) is 41.5 Å². The second-order valence-electron chi connectivity index (χ2n) is 14.5. The minimum absolute atomic E-state index is 0.176. The predicted octanol–water partition coefficient (Wildman–Crippen LogP) is 6.97. The van der Waals surface area contributed by atoms with Crippen LogP contribution in [-0.2, 0) is 55.7 Å². The molecule has 2 aromatic rings. The molecule has 2 aromatic carbocycles. The van der Waals surface area contributed by atoms with E-state index in [1.54, 1.807) is 0 Å². The van der Waals surface area contributed by atoms with Gasteiger partial charge in [0.25, 0.3) is 0 Å². The number of fused-ring (bicyclic) bond motifs is 8. The molecule has 46 heavy (non-hydrogen) atoms. The van der Waals surface area contributed by atoms with Gasteiger partial charge in [-0.1, -0.05) is 65.8 Å². The SMILES string of the molecule is CCOc1c2cc(C(C)(C)C)cc1CC1=CC(=O)C=C(Cc3cc(C(C)(C)C)cc(c3OCC)CC3=CC(=O)C=C(C2)C3=O)C1=O. The van der Waals surface area contributed by atoms with E-state index in [4.69, 9.17) is 9.47 Å². The quantitative estimate of drug-likeness (QED) is 0.343. The van der Waals surface area contributed by atoms with Gasteiger partial charge in [-0.3, -0.25) is 19.2 Å². The van der Waals surface area contributed by atoms with Crippen molar-refractivity contribution in [2.75, 3.05) is 13.2 Å². The van der Waals surface area contributed by atoms with Crippen molar-refractivity contribution in [1.29, 1.82) is 0 Å². The minimum atomic E-state index is -0.254. The molecule has 0 atom stereocenters. The molecule has 3 aliphatic carbocycles. The van der Waals surface area contributed by atoms with E-state index in [9.17, 15) is 19.2 Å². The van der Waals surface area contributed by atoms with E-state index in [0.717, 1.165) is 33.4 Å². The van der Waals surface area contributed by atoms with Crippen molar-refractivity contribution in [1.82, 2.24) is 0 Å². The number of hydrogen-bond donors (Lipinski definition) is 0. The summed E-state index contributed by atoms with van der Waals surface area (Å²) in [5.41, 5.74) is 6.15. The van der Waals surface area contributed by atoms with Crippen LogP contribution in [0.2, 0.25) is 0 Å². The third-order valence-corrected chi connectivity index (χ3v) is 8.75. The topological polar surface area (TPSA) is 86.7 Å². The Morgan fingerprint density at radius 2 is 0.761 bits per heavy atom. The molecular weight excluding hydrogens is 576 g/mol. The maximum atomic E-state index is 14.1. The zero-order chi connectivity index (χ0) is 33.6. The van der Waals surface area contributed by atoms with Crippen molar-refractivity contribution in [2.45, 2.75) is 91.9 Å². The van der Waals surface area contributed by atoms with Crippen molar-refractivity contribution in [2.24, 2.45) is 0 Å². The molecule has 3 aliphatic rings. The normalized spacial score (nSPS) is 17.2. The number of benzene rings is 2. The molecule has 0 aromatic heterocycles. The third kappa shape index (κ3) is 6.76. The van der Waals surface area contributed by atoms with Gasteiger partial charge in [-0.05, 0) is 82.4 Å². The highest BCUT2D eigenvalue weighted by molar-refractivity contribution is 6.21. The average Bonchev–Trinajstić information content (AvgIpc) is 2.95. The number of Topliss-reactive ketones (excluding diaryl/α,β-unsaturated/α-hetero) is 2. The van der Waals surface area contributed by atoms with Crippen molar-refractivity contribution in [3.8, 4) is 11.5 Å². The Balaban J connectivity index is 1.78. The summed E-state index contributed by atoms with van der Waals surface area (Å²) in [5.74, 6) is 0.353. The van der Waals surface area contributed by atoms with Gasteiger partial charge in [0.05, 0.1) is 13.2 Å². The van der Waals surface area contributed by atoms with Gasteiger partial charge < -0.3 is 9.47 Å². The predicted molar refractivity (Wildman–Crippen MR) is 180 cm³/mol. The molecule has 6 heteroatoms. The van der Waals surface area contributed by atoms with E-state index < -0.39 is 0 Å². The average molecular weight is 621 g/mol. The number of carbonyl (C=O) groups is 4. The number of carbonyl (C=O) groups excluding carboxylic acids is 4. The van der Waals surface area contributed by atoms with Gasteiger partial charge in [0.2, 0.25) is 0 Å². The van der Waals surface area contributed by atoms with E-state index >= 15 is 0 Å². The van der Waals surface area contributed by atoms with Crippen LogP contribution < -0.4 is 9.47 Å². The lowest BCUT2D eigenvalue weighted by Crippen LogP contribution is -2.22. The smallest absolute Gasteiger partial charge is 0.185 e. The van der Waals surface area contributed by atoms with Crippen LogP contribution >= 0.6 is 0 Å². The molecule has 0 amide bonds. The molecule has 8 bridgehead atoms. The highest BCUT2D eigenvalue weighted by Crippen LogP contribution is 2.39. The van der Waals surface area contributed by atoms with Crippen LogP contribution in [0.15, 0.2) is 70.9 Å². The van der Waals surface area contributed by atoms with Crippen LogP contribution in [0.3, 0.4) is 0 Å². The van der Waals surface area contributed by atoms with Gasteiger partial charge in [0.15, 0.2) is 23.1 Å². The molecule has 5 rings (SSSR count). The Labute approximate surface area is 272 Å². The lowest BCUT2D eigenvalue weighted by Gasteiger charge is -2.27. The number of ether oxygens (including phenoxy) is 2. The molecule has 0 N–H and O–H groups in total. The molecular formula is C40H44O6. The Bertz CT molecular complexity index is 1550. The molecule has 6 nitrogen and oxygen atoms in total. The highest BCUT2D eigenvalue weighted by atomic mass is 16.5. The standard InChI is InChI=1S/C40H44O6/c1-9-45-37-27-11-23-19-33(41)21-25(35(23)43)13-29-17-32(40(6,7)8)18-30(38(29)46-10-2)14-26-22-34(42)20-24(36(26)44)12-28(37)16-31(15-27)39(3,4)5/h15-22H,9-14H2,1-8H3. The first-order chi connectivity index (χ1) is 21.6. The van der Waals surface area contributed by atoms with Crippen LogP contribution in [0.25, 0.3) is 0 Å². The van der Waals surface area contributed by atoms with Crippen LogP contribution in [0.4, 0.5) is 0 Å². The molecule has 0 heterocycles. The summed E-state index contributed by atoms with van der Waals surface area (Å²) < 4.78 is 12.4. The number of rotatable bonds is 4. The maximum absolute atomic E-state index is 14.1. The Hall–Kier alpha value is -4.32. The van der Waals surface area contributed by atoms with Crippen molar-refractivity contribution < 1.29 is 28.7 Å². The van der Waals surface area contributed by atoms with E-state index in [1.165, 1.54) is 24.3 Å². The number of ketones is 4. The molecule has 0 unspecified atom stereocenters. The summed E-state index contributed by atoms with van der Waals surface area (Å²) in [4.78, 5) is 54.5. The van der Waals surface area contributed by atoms with E-state index in [0.29, 0.717) is 47.0 Å². The number of allylic oxidation sites excluding steroid dienone is 8. The Morgan fingerprint density at radius 1 is 0.500 bits per heavy atom. The first kappa shape index (κ1) is 33.1. The van der Waals surface area contributed by atoms with Gasteiger partial charge in [0.1, 0.15) is 11.5 Å². The fourth-order valence-electron chi connectivity index (χ4n) is 6.35. The molecule has 0 spiro atoms. The zero-order valence-electron chi connectivity index (χ0n) is 28.3. The van der Waals surface area contributed by atoms with Gasteiger partial charge in [-0.25, -0.2) is 0 Å². The Kier molecular flexibility index (Phi) is 8.96. The van der Waals surface area contributed by atoms with Crippen LogP contribution in [0.5, 0.6) is 11.5 Å². The van der Waals surface area contributed by atoms with Crippen LogP contribution in [-0.4, -0.2) is 36.3 Å². The summed E-state index contributed by atoms with van der Waals surface area (Å²) in [7, 11) is 0. The first-order valence-corrected chi connectivity index (χ1v) is 16.2. The summed E-state index contributed by atoms with van der Waals surface area (Å²) in [6.45, 7) is 17.1. The van der Waals surface area contributed by atoms with Gasteiger partial charge in [-0.15, -0.1) is 0 Å². The lowest BCUT2D eigenvalue weighted by atomic mass is 9.79. The summed E-state index contributed by atoms with van der Waals surface area (Å²) in [6.07, 6.45) is 6.48. The third-order valence-electron chi connectivity index (χ3n) is 8.75. The first-order valence-electron chi connectivity index (χ1n) is 16.2. The molecule has 0 saturated heterocycles. The van der Waals surface area contributed by atoms with Crippen molar-refractivity contribution in [3.05, 3.63) is 104 Å². The Morgan fingerprint density at radius 3 is 0.978 bits per heavy atom. The van der Waals surface area contributed by atoms with E-state index in [1.807, 2.05) is 38.1 Å². The molecule has 0 aliphatic heterocycles. The second kappa shape index (κ2) is 12.5. The molecule has 0 saturated carbocycles. The maximum Gasteiger partial charge on any atom is 0.185 e. The van der Waals surface area contributed by atoms with Crippen molar-refractivity contribution >= 4 is 23.1 Å². The van der Waals surface area contributed by atoms with Crippen molar-refractivity contribution in [3.63, 3.8) is 0 Å². The fourth-order valence-corrected chi connectivity index (χ4v) is 6.35. The minimum Gasteiger partial charge on any atom is -0.493 e. The number of hydrogen-bond acceptors (Lipinski definition) is 6. The zero-order valence-corrected chi connectivity index (χ0v) is 28.3. The summed E-state index contributed by atoms with van der Waals surface area (Å²) >= 11 is 0. The summed E-state index contributed by atoms with van der Waals surface area (Å²) in [5, 5.41) is 0. The summed E-state index contributed by atoms with van der Waals surface area (Å²) in [6, 6.07) is 8.14. The molecule has 0 fully saturated rings. The monoisotopic (exact) mass is 620 g/mol. The van der Waals surface area contributed by atoms with Crippen LogP contribution in [0, 0.1) is 0 Å². The fraction of sp³-hybridized carbons (Fsp3) is 0.400. The second-order valence-corrected chi connectivity index (χ2v) is 14.5.